The average molecular weight is 635 g/mol. The van der Waals surface area contributed by atoms with Crippen LogP contribution in [-0.2, 0) is 19.6 Å². The predicted molar refractivity (Wildman–Crippen MR) is 162 cm³/mol. The van der Waals surface area contributed by atoms with E-state index in [-0.39, 0.29) is 42.9 Å². The maximum atomic E-state index is 13.4. The topological polar surface area (TPSA) is 180 Å². The number of phenols is 1. The summed E-state index contributed by atoms with van der Waals surface area (Å²) < 4.78 is 57.3. The Labute approximate surface area is 257 Å². The molecule has 0 radical (unpaired) electrons. The predicted octanol–water partition coefficient (Wildman–Crippen LogP) is 1.34. The summed E-state index contributed by atoms with van der Waals surface area (Å²) in [5, 5.41) is 17.1. The number of rotatable bonds is 16. The summed E-state index contributed by atoms with van der Waals surface area (Å²) in [7, 11) is -0.903. The molecule has 1 aliphatic carbocycles. The lowest BCUT2D eigenvalue weighted by Gasteiger charge is -2.39. The molecule has 242 valence electrons. The highest BCUT2D eigenvalue weighted by Gasteiger charge is 2.53. The molecule has 44 heavy (non-hydrogen) atoms. The van der Waals surface area contributed by atoms with Crippen molar-refractivity contribution in [3.63, 3.8) is 0 Å². The molecule has 0 amide bonds. The van der Waals surface area contributed by atoms with Gasteiger partial charge in [-0.3, -0.25) is 4.79 Å². The zero-order valence-corrected chi connectivity index (χ0v) is 25.9. The molecule has 4 unspecified atom stereocenters. The fourth-order valence-corrected chi connectivity index (χ4v) is 7.47. The number of nitrogens with one attached hydrogen (secondary N) is 3. The maximum Gasteiger partial charge on any atom is 0.310 e. The minimum absolute atomic E-state index is 0.0317. The molecule has 0 bridgehead atoms. The third-order valence-corrected chi connectivity index (χ3v) is 9.77. The molecule has 2 heterocycles. The van der Waals surface area contributed by atoms with Gasteiger partial charge in [-0.05, 0) is 86.4 Å². The number of benzene rings is 2. The van der Waals surface area contributed by atoms with Gasteiger partial charge in [0.1, 0.15) is 0 Å². The molecule has 1 fully saturated rings. The quantitative estimate of drug-likeness (QED) is 0.132. The van der Waals surface area contributed by atoms with Crippen LogP contribution >= 0.6 is 0 Å². The molecule has 0 aromatic heterocycles. The number of hydrogen-bond acceptors (Lipinski definition) is 12. The van der Waals surface area contributed by atoms with Crippen LogP contribution in [0, 0.1) is 11.8 Å². The molecule has 2 aromatic rings. The molecular formula is C30H42N4O9S. The number of methoxy groups -OCH3 is 2. The number of carbonyl (C=O) groups is 1. The zero-order valence-electron chi connectivity index (χ0n) is 25.1. The van der Waals surface area contributed by atoms with Gasteiger partial charge in [0.15, 0.2) is 23.0 Å². The molecule has 0 spiro atoms. The van der Waals surface area contributed by atoms with Crippen molar-refractivity contribution in [1.82, 2.24) is 15.4 Å². The third kappa shape index (κ3) is 6.84. The Balaban J connectivity index is 1.38. The molecule has 5 rings (SSSR count). The first-order valence-electron chi connectivity index (χ1n) is 14.9. The number of phenolic OH excluding ortho intramolecular Hbond substituents is 1. The van der Waals surface area contributed by atoms with Crippen LogP contribution < -0.4 is 40.0 Å². The van der Waals surface area contributed by atoms with Crippen molar-refractivity contribution in [2.45, 2.75) is 31.2 Å². The standard InChI is InChI=1S/C30H42N4O9S/c1-39-24-12-18(13-25(40-2)29(24)35)26-19-14-22-23(43-17-42-22)15-20(19)28(21-16-41-30(36)27(21)26)34-44(37,38)11-10-33-9-5-8-32-7-4-3-6-31/h12-15,21,26-28,32-35H,3-11,16-17,31H2,1-2H3. The van der Waals surface area contributed by atoms with Gasteiger partial charge in [-0.2, -0.15) is 0 Å². The van der Waals surface area contributed by atoms with E-state index in [1.54, 1.807) is 24.3 Å². The Bertz CT molecular complexity index is 1410. The molecule has 2 aromatic carbocycles. The Morgan fingerprint density at radius 3 is 2.20 bits per heavy atom. The molecule has 4 atom stereocenters. The van der Waals surface area contributed by atoms with Crippen LogP contribution in [0.2, 0.25) is 0 Å². The smallest absolute Gasteiger partial charge is 0.310 e. The van der Waals surface area contributed by atoms with Gasteiger partial charge in [-0.15, -0.1) is 0 Å². The molecule has 14 heteroatoms. The minimum Gasteiger partial charge on any atom is -0.502 e. The van der Waals surface area contributed by atoms with Crippen LogP contribution in [0.1, 0.15) is 47.9 Å². The van der Waals surface area contributed by atoms with Crippen molar-refractivity contribution in [2.24, 2.45) is 17.6 Å². The number of carbonyl (C=O) groups excluding carboxylic acids is 1. The molecule has 0 saturated carbocycles. The highest BCUT2D eigenvalue weighted by atomic mass is 32.2. The molecule has 3 aliphatic rings. The molecular weight excluding hydrogens is 592 g/mol. The molecule has 6 N–H and O–H groups in total. The van der Waals surface area contributed by atoms with E-state index in [0.717, 1.165) is 32.4 Å². The van der Waals surface area contributed by atoms with E-state index >= 15 is 0 Å². The number of unbranched alkanes of at least 4 members (excludes halogenated alkanes) is 1. The number of sulfonamides is 1. The highest BCUT2D eigenvalue weighted by molar-refractivity contribution is 7.89. The summed E-state index contributed by atoms with van der Waals surface area (Å²) in [5.74, 6) is -1.15. The van der Waals surface area contributed by atoms with Gasteiger partial charge in [-0.1, -0.05) is 0 Å². The van der Waals surface area contributed by atoms with Gasteiger partial charge in [0.2, 0.25) is 22.6 Å². The normalized spacial score (nSPS) is 21.9. The Hall–Kier alpha value is -3.30. The lowest BCUT2D eigenvalue weighted by molar-refractivity contribution is -0.141. The second-order valence-electron chi connectivity index (χ2n) is 11.2. The average Bonchev–Trinajstić information content (AvgIpc) is 3.63. The maximum absolute atomic E-state index is 13.4. The number of ether oxygens (including phenoxy) is 5. The van der Waals surface area contributed by atoms with E-state index < -0.39 is 39.8 Å². The largest absolute Gasteiger partial charge is 0.502 e. The number of esters is 1. The van der Waals surface area contributed by atoms with E-state index in [0.29, 0.717) is 41.3 Å². The van der Waals surface area contributed by atoms with Gasteiger partial charge < -0.3 is 45.2 Å². The van der Waals surface area contributed by atoms with Crippen LogP contribution in [0.15, 0.2) is 24.3 Å². The van der Waals surface area contributed by atoms with Gasteiger partial charge in [0.05, 0.1) is 38.5 Å². The Morgan fingerprint density at radius 2 is 1.55 bits per heavy atom. The SMILES string of the molecule is COc1cc(C2c3cc4c(cc3C(NS(=O)(=O)CCNCCCNCCCCN)C3COC(=O)C23)OCO4)cc(OC)c1O. The summed E-state index contributed by atoms with van der Waals surface area (Å²) in [6.45, 7) is 3.49. The summed E-state index contributed by atoms with van der Waals surface area (Å²) in [6, 6.07) is 6.15. The summed E-state index contributed by atoms with van der Waals surface area (Å²) >= 11 is 0. The first-order valence-corrected chi connectivity index (χ1v) is 16.6. The van der Waals surface area contributed by atoms with Crippen LogP contribution in [0.5, 0.6) is 28.7 Å². The summed E-state index contributed by atoms with van der Waals surface area (Å²) in [6.07, 6.45) is 2.90. The number of aromatic hydroxyl groups is 1. The van der Waals surface area contributed by atoms with Crippen molar-refractivity contribution in [2.75, 3.05) is 66.1 Å². The lowest BCUT2D eigenvalue weighted by atomic mass is 9.65. The second kappa shape index (κ2) is 14.2. The number of nitrogens with two attached hydrogens (primary N) is 1. The van der Waals surface area contributed by atoms with Crippen molar-refractivity contribution in [1.29, 1.82) is 0 Å². The number of fused-ring (bicyclic) bond motifs is 3. The zero-order chi connectivity index (χ0) is 31.3. The van der Waals surface area contributed by atoms with Gasteiger partial charge in [0.25, 0.3) is 0 Å². The van der Waals surface area contributed by atoms with Crippen LogP contribution in [0.25, 0.3) is 0 Å². The van der Waals surface area contributed by atoms with E-state index in [4.69, 9.17) is 29.4 Å². The van der Waals surface area contributed by atoms with Gasteiger partial charge in [0, 0.05) is 18.4 Å². The number of cyclic esters (lactones) is 1. The highest BCUT2D eigenvalue weighted by Crippen LogP contribution is 2.55. The van der Waals surface area contributed by atoms with Gasteiger partial charge >= 0.3 is 5.97 Å². The number of hydrogen-bond donors (Lipinski definition) is 5. The van der Waals surface area contributed by atoms with E-state index in [9.17, 15) is 18.3 Å². The van der Waals surface area contributed by atoms with E-state index in [2.05, 4.69) is 15.4 Å². The van der Waals surface area contributed by atoms with Crippen molar-refractivity contribution in [3.8, 4) is 28.7 Å². The fourth-order valence-electron chi connectivity index (χ4n) is 6.25. The monoisotopic (exact) mass is 634 g/mol. The lowest BCUT2D eigenvalue weighted by Crippen LogP contribution is -2.44. The second-order valence-corrected chi connectivity index (χ2v) is 13.0. The first kappa shape index (κ1) is 32.1. The van der Waals surface area contributed by atoms with Crippen molar-refractivity contribution in [3.05, 3.63) is 41.0 Å². The molecule has 2 aliphatic heterocycles. The summed E-state index contributed by atoms with van der Waals surface area (Å²) in [5.41, 5.74) is 7.51. The van der Waals surface area contributed by atoms with Crippen molar-refractivity contribution < 1.29 is 42.0 Å². The molecule has 13 nitrogen and oxygen atoms in total. The van der Waals surface area contributed by atoms with Crippen LogP contribution in [-0.4, -0.2) is 85.6 Å². The minimum atomic E-state index is -3.76. The molecule has 1 saturated heterocycles. The Kier molecular flexibility index (Phi) is 10.4. The van der Waals surface area contributed by atoms with Crippen LogP contribution in [0.4, 0.5) is 0 Å². The van der Waals surface area contributed by atoms with E-state index in [1.807, 2.05) is 0 Å². The summed E-state index contributed by atoms with van der Waals surface area (Å²) in [4.78, 5) is 13.3. The Morgan fingerprint density at radius 1 is 0.909 bits per heavy atom. The van der Waals surface area contributed by atoms with Crippen LogP contribution in [0.3, 0.4) is 0 Å². The third-order valence-electron chi connectivity index (χ3n) is 8.42. The van der Waals surface area contributed by atoms with Crippen molar-refractivity contribution >= 4 is 16.0 Å². The van der Waals surface area contributed by atoms with E-state index in [1.165, 1.54) is 14.2 Å². The first-order chi connectivity index (χ1) is 21.3. The van der Waals surface area contributed by atoms with Gasteiger partial charge in [-0.25, -0.2) is 13.1 Å². The fraction of sp³-hybridized carbons (Fsp3) is 0.567.